The smallest absolute Gasteiger partial charge is 0.255 e. The number of aromatic nitrogens is 1. The molecular formula is C26H23ClN2O4. The van der Waals surface area contributed by atoms with Crippen LogP contribution in [0.1, 0.15) is 15.9 Å². The minimum atomic E-state index is -0.462. The van der Waals surface area contributed by atoms with E-state index in [1.54, 1.807) is 18.2 Å². The van der Waals surface area contributed by atoms with Crippen LogP contribution in [-0.4, -0.2) is 41.9 Å². The maximum absolute atomic E-state index is 13.3. The van der Waals surface area contributed by atoms with Gasteiger partial charge < -0.3 is 24.9 Å². The van der Waals surface area contributed by atoms with Gasteiger partial charge in [-0.25, -0.2) is 0 Å². The predicted molar refractivity (Wildman–Crippen MR) is 128 cm³/mol. The minimum Gasteiger partial charge on any atom is -0.486 e. The van der Waals surface area contributed by atoms with Gasteiger partial charge in [0.05, 0.1) is 18.2 Å². The highest BCUT2D eigenvalue weighted by Gasteiger charge is 2.24. The normalized spacial score (nSPS) is 13.6. The quantitative estimate of drug-likeness (QED) is 0.391. The Bertz CT molecular complexity index is 1300. The number of hydrogen-bond donors (Lipinski definition) is 3. The summed E-state index contributed by atoms with van der Waals surface area (Å²) in [6, 6.07) is 18.5. The zero-order chi connectivity index (χ0) is 22.8. The Morgan fingerprint density at radius 1 is 1.06 bits per heavy atom. The van der Waals surface area contributed by atoms with E-state index in [-0.39, 0.29) is 12.5 Å². The molecule has 0 bridgehead atoms. The molecule has 7 heteroatoms. The highest BCUT2D eigenvalue weighted by atomic mass is 35.5. The number of fused-ring (bicyclic) bond motifs is 2. The highest BCUT2D eigenvalue weighted by molar-refractivity contribution is 6.30. The molecule has 1 aromatic heterocycles. The summed E-state index contributed by atoms with van der Waals surface area (Å²) in [5.41, 5.74) is 4.14. The molecule has 0 saturated heterocycles. The van der Waals surface area contributed by atoms with Crippen LogP contribution in [0.5, 0.6) is 11.5 Å². The summed E-state index contributed by atoms with van der Waals surface area (Å²) in [7, 11) is 0. The number of ether oxygens (including phenoxy) is 2. The van der Waals surface area contributed by atoms with Crippen molar-refractivity contribution in [1.29, 1.82) is 0 Å². The van der Waals surface area contributed by atoms with Gasteiger partial charge >= 0.3 is 0 Å². The van der Waals surface area contributed by atoms with Gasteiger partial charge in [0.1, 0.15) is 13.2 Å². The second-order valence-electron chi connectivity index (χ2n) is 7.97. The molecule has 1 aliphatic heterocycles. The van der Waals surface area contributed by atoms with Crippen molar-refractivity contribution in [3.8, 4) is 22.6 Å². The third-order valence-electron chi connectivity index (χ3n) is 5.76. The van der Waals surface area contributed by atoms with Gasteiger partial charge in [-0.15, -0.1) is 0 Å². The van der Waals surface area contributed by atoms with E-state index >= 15 is 0 Å². The van der Waals surface area contributed by atoms with Crippen LogP contribution >= 0.6 is 11.6 Å². The first-order valence-corrected chi connectivity index (χ1v) is 11.2. The number of aromatic amines is 1. The number of carbonyl (C=O) groups excluding carboxylic acids is 1. The van der Waals surface area contributed by atoms with Crippen LogP contribution in [0, 0.1) is 0 Å². The van der Waals surface area contributed by atoms with Crippen molar-refractivity contribution in [3.63, 3.8) is 0 Å². The van der Waals surface area contributed by atoms with Crippen LogP contribution in [0.2, 0.25) is 5.02 Å². The third-order valence-corrected chi connectivity index (χ3v) is 6.01. The Morgan fingerprint density at radius 2 is 1.85 bits per heavy atom. The van der Waals surface area contributed by atoms with E-state index in [9.17, 15) is 9.90 Å². The molecule has 0 aliphatic carbocycles. The number of H-pyrrole nitrogens is 1. The van der Waals surface area contributed by atoms with E-state index in [4.69, 9.17) is 21.1 Å². The lowest BCUT2D eigenvalue weighted by molar-refractivity contribution is 0.0906. The van der Waals surface area contributed by atoms with Crippen molar-refractivity contribution in [3.05, 3.63) is 83.0 Å². The Balaban J connectivity index is 1.44. The largest absolute Gasteiger partial charge is 0.486 e. The Labute approximate surface area is 196 Å². The van der Waals surface area contributed by atoms with Crippen molar-refractivity contribution in [2.24, 2.45) is 0 Å². The van der Waals surface area contributed by atoms with Gasteiger partial charge in [-0.1, -0.05) is 41.9 Å². The van der Waals surface area contributed by atoms with Gasteiger partial charge in [-0.2, -0.15) is 0 Å². The van der Waals surface area contributed by atoms with E-state index in [1.165, 1.54) is 0 Å². The zero-order valence-electron chi connectivity index (χ0n) is 17.8. The second kappa shape index (κ2) is 9.17. The molecule has 1 atom stereocenters. The molecule has 3 N–H and O–H groups in total. The maximum Gasteiger partial charge on any atom is 0.255 e. The predicted octanol–water partition coefficient (Wildman–Crippen LogP) is 4.59. The Kier molecular flexibility index (Phi) is 5.94. The fourth-order valence-electron chi connectivity index (χ4n) is 4.12. The Hall–Kier alpha value is -3.48. The molecule has 0 spiro atoms. The summed E-state index contributed by atoms with van der Waals surface area (Å²) in [5.74, 6) is 0.614. The zero-order valence-corrected chi connectivity index (χ0v) is 18.6. The molecule has 0 unspecified atom stereocenters. The summed E-state index contributed by atoms with van der Waals surface area (Å²) in [5, 5.41) is 14.7. The van der Waals surface area contributed by atoms with E-state index in [2.05, 4.69) is 10.3 Å². The lowest BCUT2D eigenvalue weighted by Crippen LogP contribution is -2.39. The molecule has 0 saturated carbocycles. The lowest BCUT2D eigenvalue weighted by atomic mass is 10.00. The van der Waals surface area contributed by atoms with Crippen molar-refractivity contribution in [2.75, 3.05) is 19.8 Å². The van der Waals surface area contributed by atoms with E-state index < -0.39 is 6.04 Å². The van der Waals surface area contributed by atoms with Gasteiger partial charge in [0.25, 0.3) is 5.91 Å². The third kappa shape index (κ3) is 4.40. The number of para-hydroxylation sites is 1. The maximum atomic E-state index is 13.3. The van der Waals surface area contributed by atoms with Gasteiger partial charge in [0, 0.05) is 22.1 Å². The molecule has 5 rings (SSSR count). The second-order valence-corrected chi connectivity index (χ2v) is 8.41. The number of amides is 1. The molecular weight excluding hydrogens is 440 g/mol. The van der Waals surface area contributed by atoms with Crippen LogP contribution in [0.3, 0.4) is 0 Å². The molecule has 33 heavy (non-hydrogen) atoms. The topological polar surface area (TPSA) is 83.6 Å². The van der Waals surface area contributed by atoms with E-state index in [1.807, 2.05) is 48.7 Å². The number of benzene rings is 3. The van der Waals surface area contributed by atoms with Crippen LogP contribution in [0.15, 0.2) is 66.9 Å². The molecule has 1 amide bonds. The number of carbonyl (C=O) groups is 1. The van der Waals surface area contributed by atoms with Crippen molar-refractivity contribution >= 4 is 28.4 Å². The van der Waals surface area contributed by atoms with Crippen LogP contribution in [-0.2, 0) is 6.42 Å². The van der Waals surface area contributed by atoms with Crippen LogP contribution < -0.4 is 14.8 Å². The first-order chi connectivity index (χ1) is 16.1. The van der Waals surface area contributed by atoms with E-state index in [0.29, 0.717) is 41.7 Å². The molecule has 3 aromatic carbocycles. The lowest BCUT2D eigenvalue weighted by Gasteiger charge is -2.23. The molecule has 0 radical (unpaired) electrons. The number of aliphatic hydroxyl groups excluding tert-OH is 1. The fraction of sp³-hybridized carbons (Fsp3) is 0.192. The number of aliphatic hydroxyl groups is 1. The van der Waals surface area contributed by atoms with Crippen LogP contribution in [0.25, 0.3) is 22.0 Å². The first kappa shape index (κ1) is 21.4. The highest BCUT2D eigenvalue weighted by Crippen LogP contribution is 2.38. The molecule has 4 aromatic rings. The number of hydrogen-bond acceptors (Lipinski definition) is 4. The summed E-state index contributed by atoms with van der Waals surface area (Å²) < 4.78 is 11.6. The molecule has 6 nitrogen and oxygen atoms in total. The van der Waals surface area contributed by atoms with Gasteiger partial charge in [0.2, 0.25) is 0 Å². The summed E-state index contributed by atoms with van der Waals surface area (Å²) in [6.07, 6.45) is 2.40. The summed E-state index contributed by atoms with van der Waals surface area (Å²) >= 11 is 6.03. The first-order valence-electron chi connectivity index (χ1n) is 10.8. The summed E-state index contributed by atoms with van der Waals surface area (Å²) in [4.78, 5) is 16.6. The number of nitrogens with one attached hydrogen (secondary N) is 2. The minimum absolute atomic E-state index is 0.193. The molecule has 2 heterocycles. The van der Waals surface area contributed by atoms with Gasteiger partial charge in [0.15, 0.2) is 11.5 Å². The van der Waals surface area contributed by atoms with Crippen LogP contribution in [0.4, 0.5) is 0 Å². The average molecular weight is 463 g/mol. The van der Waals surface area contributed by atoms with E-state index in [0.717, 1.165) is 27.6 Å². The Morgan fingerprint density at radius 3 is 2.67 bits per heavy atom. The number of halogens is 1. The molecule has 1 aliphatic rings. The van der Waals surface area contributed by atoms with Crippen molar-refractivity contribution in [1.82, 2.24) is 10.3 Å². The van der Waals surface area contributed by atoms with Gasteiger partial charge in [-0.05, 0) is 53.4 Å². The summed E-state index contributed by atoms with van der Waals surface area (Å²) in [6.45, 7) is 0.589. The van der Waals surface area contributed by atoms with Crippen molar-refractivity contribution in [2.45, 2.75) is 12.5 Å². The molecule has 0 fully saturated rings. The standard InChI is InChI=1S/C26H23ClN2O4/c27-19-7-5-16(6-8-19)17-12-22(25-24(13-17)32-9-10-33-25)26(31)29-20(15-30)11-18-14-28-23-4-2-1-3-21(18)23/h1-8,12-14,20,28,30H,9-11,15H2,(H,29,31)/t20-/m1/s1. The SMILES string of the molecule is O=C(N[C@@H](CO)Cc1c[nH]c2ccccc12)c1cc(-c2ccc(Cl)cc2)cc2c1OCCO2. The van der Waals surface area contributed by atoms with Gasteiger partial charge in [-0.3, -0.25) is 4.79 Å². The fourth-order valence-corrected chi connectivity index (χ4v) is 4.25. The average Bonchev–Trinajstić information content (AvgIpc) is 3.26. The van der Waals surface area contributed by atoms with Crippen molar-refractivity contribution < 1.29 is 19.4 Å². The number of rotatable bonds is 6. The monoisotopic (exact) mass is 462 g/mol. The molecule has 168 valence electrons.